The molecule has 1 rings (SSSR count). The van der Waals surface area contributed by atoms with Gasteiger partial charge in [0.25, 0.3) is 0 Å². The van der Waals surface area contributed by atoms with Crippen molar-refractivity contribution in [3.05, 3.63) is 18.2 Å². The lowest BCUT2D eigenvalue weighted by Crippen LogP contribution is -2.08. The highest BCUT2D eigenvalue weighted by Gasteiger charge is 2.09. The Hall–Kier alpha value is -1.12. The van der Waals surface area contributed by atoms with Crippen LogP contribution in [0.4, 0.5) is 0 Å². The molecule has 0 saturated carbocycles. The molecule has 3 nitrogen and oxygen atoms in total. The Bertz CT molecular complexity index is 291. The number of aldehydes is 1. The Balaban J connectivity index is 2.59. The summed E-state index contributed by atoms with van der Waals surface area (Å²) in [4.78, 5) is 14.6. The third-order valence-electron chi connectivity index (χ3n) is 2.45. The van der Waals surface area contributed by atoms with Gasteiger partial charge in [-0.1, -0.05) is 13.8 Å². The van der Waals surface area contributed by atoms with Crippen LogP contribution in [0.25, 0.3) is 0 Å². The fourth-order valence-corrected chi connectivity index (χ4v) is 1.49. The van der Waals surface area contributed by atoms with Gasteiger partial charge in [0.2, 0.25) is 0 Å². The Morgan fingerprint density at radius 1 is 1.43 bits per heavy atom. The van der Waals surface area contributed by atoms with E-state index in [4.69, 9.17) is 0 Å². The maximum Gasteiger partial charge on any atom is 0.168 e. The molecule has 0 aromatic carbocycles. The molecule has 1 aromatic rings. The summed E-state index contributed by atoms with van der Waals surface area (Å²) in [5.41, 5.74) is 0.668. The number of rotatable bonds is 5. The predicted octanol–water partition coefficient (Wildman–Crippen LogP) is 2.69. The largest absolute Gasteiger partial charge is 0.326 e. The van der Waals surface area contributed by atoms with Gasteiger partial charge in [-0.3, -0.25) is 4.79 Å². The molecule has 0 bridgehead atoms. The number of carbonyl (C=O) groups excluding carboxylic acids is 1. The van der Waals surface area contributed by atoms with Gasteiger partial charge < -0.3 is 4.57 Å². The molecule has 0 radical (unpaired) electrons. The summed E-state index contributed by atoms with van der Waals surface area (Å²) in [7, 11) is 0. The van der Waals surface area contributed by atoms with Gasteiger partial charge in [0.15, 0.2) is 6.29 Å². The van der Waals surface area contributed by atoms with E-state index in [1.54, 1.807) is 12.5 Å². The van der Waals surface area contributed by atoms with Gasteiger partial charge in [0.05, 0.1) is 12.5 Å². The highest BCUT2D eigenvalue weighted by molar-refractivity contribution is 5.71. The van der Waals surface area contributed by atoms with E-state index in [1.807, 2.05) is 4.57 Å². The van der Waals surface area contributed by atoms with E-state index in [2.05, 4.69) is 25.8 Å². The lowest BCUT2D eigenvalue weighted by molar-refractivity contribution is 0.111. The van der Waals surface area contributed by atoms with Crippen LogP contribution >= 0.6 is 0 Å². The van der Waals surface area contributed by atoms with E-state index in [9.17, 15) is 4.79 Å². The first-order valence-corrected chi connectivity index (χ1v) is 5.12. The van der Waals surface area contributed by atoms with Crippen LogP contribution in [0.5, 0.6) is 0 Å². The standard InChI is InChI=1S/C11H18N2O/c1-9(2)4-5-10(3)13-8-12-6-11(13)7-14/h6-10H,4-5H2,1-3H3. The first-order chi connectivity index (χ1) is 6.65. The number of hydrogen-bond donors (Lipinski definition) is 0. The minimum absolute atomic E-state index is 0.361. The highest BCUT2D eigenvalue weighted by atomic mass is 16.1. The van der Waals surface area contributed by atoms with Crippen LogP contribution in [0.15, 0.2) is 12.5 Å². The topological polar surface area (TPSA) is 34.9 Å². The number of imidazole rings is 1. The zero-order valence-electron chi connectivity index (χ0n) is 9.10. The Kier molecular flexibility index (Phi) is 3.86. The summed E-state index contributed by atoms with van der Waals surface area (Å²) in [6, 6.07) is 0.361. The van der Waals surface area contributed by atoms with E-state index < -0.39 is 0 Å². The minimum Gasteiger partial charge on any atom is -0.326 e. The van der Waals surface area contributed by atoms with Crippen molar-refractivity contribution in [1.29, 1.82) is 0 Å². The molecular formula is C11H18N2O. The van der Waals surface area contributed by atoms with Crippen LogP contribution < -0.4 is 0 Å². The molecule has 0 amide bonds. The maximum absolute atomic E-state index is 10.7. The summed E-state index contributed by atoms with van der Waals surface area (Å²) < 4.78 is 1.94. The average molecular weight is 194 g/mol. The van der Waals surface area contributed by atoms with Gasteiger partial charge in [0, 0.05) is 6.04 Å². The molecule has 1 atom stereocenters. The summed E-state index contributed by atoms with van der Waals surface area (Å²) >= 11 is 0. The van der Waals surface area contributed by atoms with Crippen LogP contribution in [-0.4, -0.2) is 15.8 Å². The van der Waals surface area contributed by atoms with Crippen LogP contribution in [0.3, 0.4) is 0 Å². The van der Waals surface area contributed by atoms with Gasteiger partial charge >= 0.3 is 0 Å². The second-order valence-corrected chi connectivity index (χ2v) is 4.16. The minimum atomic E-state index is 0.361. The van der Waals surface area contributed by atoms with E-state index in [-0.39, 0.29) is 0 Å². The van der Waals surface area contributed by atoms with Crippen molar-refractivity contribution in [2.24, 2.45) is 5.92 Å². The Morgan fingerprint density at radius 3 is 2.71 bits per heavy atom. The van der Waals surface area contributed by atoms with E-state index in [0.717, 1.165) is 12.7 Å². The molecule has 0 aliphatic rings. The van der Waals surface area contributed by atoms with Crippen molar-refractivity contribution in [3.8, 4) is 0 Å². The van der Waals surface area contributed by atoms with E-state index in [0.29, 0.717) is 17.7 Å². The number of nitrogens with zero attached hydrogens (tertiary/aromatic N) is 2. The molecule has 1 heterocycles. The molecular weight excluding hydrogens is 176 g/mol. The summed E-state index contributed by atoms with van der Waals surface area (Å²) in [5, 5.41) is 0. The Labute approximate surface area is 85.2 Å². The maximum atomic E-state index is 10.7. The van der Waals surface area contributed by atoms with Crippen LogP contribution in [-0.2, 0) is 0 Å². The van der Waals surface area contributed by atoms with E-state index in [1.165, 1.54) is 6.42 Å². The highest BCUT2D eigenvalue weighted by Crippen LogP contribution is 2.17. The van der Waals surface area contributed by atoms with Crippen LogP contribution in [0.2, 0.25) is 0 Å². The molecule has 0 N–H and O–H groups in total. The van der Waals surface area contributed by atoms with Gasteiger partial charge in [0.1, 0.15) is 5.69 Å². The molecule has 78 valence electrons. The third-order valence-corrected chi connectivity index (χ3v) is 2.45. The zero-order chi connectivity index (χ0) is 10.6. The van der Waals surface area contributed by atoms with Gasteiger partial charge in [-0.25, -0.2) is 4.98 Å². The molecule has 3 heteroatoms. The smallest absolute Gasteiger partial charge is 0.168 e. The fourth-order valence-electron chi connectivity index (χ4n) is 1.49. The lowest BCUT2D eigenvalue weighted by Gasteiger charge is -2.15. The SMILES string of the molecule is CC(C)CCC(C)n1cncc1C=O. The van der Waals surface area contributed by atoms with Crippen molar-refractivity contribution in [2.75, 3.05) is 0 Å². The second-order valence-electron chi connectivity index (χ2n) is 4.16. The summed E-state index contributed by atoms with van der Waals surface area (Å²) in [6.45, 7) is 6.54. The zero-order valence-corrected chi connectivity index (χ0v) is 9.10. The molecule has 1 aromatic heterocycles. The van der Waals surface area contributed by atoms with E-state index >= 15 is 0 Å². The Morgan fingerprint density at radius 2 is 2.14 bits per heavy atom. The average Bonchev–Trinajstić information content (AvgIpc) is 2.61. The van der Waals surface area contributed by atoms with Gasteiger partial charge in [-0.2, -0.15) is 0 Å². The molecule has 14 heavy (non-hydrogen) atoms. The first-order valence-electron chi connectivity index (χ1n) is 5.12. The van der Waals surface area contributed by atoms with Crippen LogP contribution in [0, 0.1) is 5.92 Å². The van der Waals surface area contributed by atoms with Crippen molar-refractivity contribution in [2.45, 2.75) is 39.7 Å². The molecule has 0 saturated heterocycles. The molecule has 0 aliphatic heterocycles. The number of aromatic nitrogens is 2. The van der Waals surface area contributed by atoms with Crippen molar-refractivity contribution in [3.63, 3.8) is 0 Å². The van der Waals surface area contributed by atoms with Crippen molar-refractivity contribution < 1.29 is 4.79 Å². The molecule has 0 aliphatic carbocycles. The van der Waals surface area contributed by atoms with Gasteiger partial charge in [-0.05, 0) is 25.7 Å². The monoisotopic (exact) mass is 194 g/mol. The fraction of sp³-hybridized carbons (Fsp3) is 0.636. The summed E-state index contributed by atoms with van der Waals surface area (Å²) in [6.07, 6.45) is 6.47. The number of carbonyl (C=O) groups is 1. The second kappa shape index (κ2) is 4.94. The lowest BCUT2D eigenvalue weighted by atomic mass is 10.0. The van der Waals surface area contributed by atoms with Crippen molar-refractivity contribution in [1.82, 2.24) is 9.55 Å². The van der Waals surface area contributed by atoms with Crippen molar-refractivity contribution >= 4 is 6.29 Å². The quantitative estimate of drug-likeness (QED) is 0.675. The predicted molar refractivity (Wildman–Crippen MR) is 56.4 cm³/mol. The number of hydrogen-bond acceptors (Lipinski definition) is 2. The first kappa shape index (κ1) is 11.0. The molecule has 0 spiro atoms. The van der Waals surface area contributed by atoms with Gasteiger partial charge in [-0.15, -0.1) is 0 Å². The molecule has 1 unspecified atom stereocenters. The normalized spacial score (nSPS) is 13.1. The van der Waals surface area contributed by atoms with Crippen LogP contribution in [0.1, 0.15) is 50.1 Å². The molecule has 0 fully saturated rings. The summed E-state index contributed by atoms with van der Waals surface area (Å²) in [5.74, 6) is 0.709. The third kappa shape index (κ3) is 2.69.